The number of aryl methyl sites for hydroxylation is 1. The molecule has 1 aromatic heterocycles. The Hall–Kier alpha value is -2.44. The van der Waals surface area contributed by atoms with E-state index < -0.39 is 57.4 Å². The minimum absolute atomic E-state index is 0.0358. The first-order chi connectivity index (χ1) is 18.1. The van der Waals surface area contributed by atoms with Gasteiger partial charge in [-0.3, -0.25) is 0 Å². The SMILES string of the molecule is Cc1ccccc1[C@H]([SH]1C[C@H](O)[C@H](n2cc(-c3cc(F)c(F)c(F)c3)nn2)[C@@H](O)[C@H]1CO)C1(O)CCCC1. The normalized spacial score (nSPS) is 28.9. The minimum atomic E-state index is -1.59. The van der Waals surface area contributed by atoms with Crippen molar-refractivity contribution in [2.24, 2.45) is 0 Å². The molecular weight excluding hydrogens is 519 g/mol. The van der Waals surface area contributed by atoms with Gasteiger partial charge < -0.3 is 20.4 Å². The maximum absolute atomic E-state index is 13.8. The number of hydrogen-bond donors (Lipinski definition) is 5. The van der Waals surface area contributed by atoms with Crippen LogP contribution in [0.2, 0.25) is 0 Å². The van der Waals surface area contributed by atoms with E-state index >= 15 is 0 Å². The van der Waals surface area contributed by atoms with Crippen molar-refractivity contribution >= 4 is 10.9 Å². The topological polar surface area (TPSA) is 112 Å². The second kappa shape index (κ2) is 10.6. The third-order valence-electron chi connectivity index (χ3n) is 8.04. The molecule has 2 fully saturated rings. The van der Waals surface area contributed by atoms with E-state index in [0.29, 0.717) is 12.8 Å². The lowest BCUT2D eigenvalue weighted by atomic mass is 9.90. The Balaban J connectivity index is 1.49. The summed E-state index contributed by atoms with van der Waals surface area (Å²) in [7, 11) is -1.30. The highest BCUT2D eigenvalue weighted by atomic mass is 32.2. The molecule has 0 spiro atoms. The fourth-order valence-electron chi connectivity index (χ4n) is 6.14. The molecule has 1 aliphatic carbocycles. The summed E-state index contributed by atoms with van der Waals surface area (Å²) in [4.78, 5) is 0. The zero-order chi connectivity index (χ0) is 27.2. The van der Waals surface area contributed by atoms with Crippen molar-refractivity contribution in [3.8, 4) is 11.3 Å². The number of rotatable bonds is 6. The van der Waals surface area contributed by atoms with Gasteiger partial charge in [0.15, 0.2) is 17.5 Å². The second-order valence-corrected chi connectivity index (χ2v) is 13.0. The molecule has 0 radical (unpaired) electrons. The van der Waals surface area contributed by atoms with Crippen LogP contribution in [0, 0.1) is 24.4 Å². The highest BCUT2D eigenvalue weighted by Crippen LogP contribution is 2.60. The summed E-state index contributed by atoms with van der Waals surface area (Å²) in [5.74, 6) is -4.10. The Bertz CT molecular complexity index is 1280. The second-order valence-electron chi connectivity index (χ2n) is 10.4. The fraction of sp³-hybridized carbons (Fsp3) is 0.481. The zero-order valence-corrected chi connectivity index (χ0v) is 21.8. The minimum Gasteiger partial charge on any atom is -0.395 e. The van der Waals surface area contributed by atoms with Crippen LogP contribution in [-0.4, -0.2) is 70.8 Å². The van der Waals surface area contributed by atoms with Gasteiger partial charge in [-0.1, -0.05) is 42.3 Å². The van der Waals surface area contributed by atoms with E-state index in [1.165, 1.54) is 10.9 Å². The van der Waals surface area contributed by atoms with Crippen molar-refractivity contribution in [1.82, 2.24) is 15.0 Å². The summed E-state index contributed by atoms with van der Waals surface area (Å²) >= 11 is 0. The monoisotopic (exact) mass is 551 g/mol. The lowest BCUT2D eigenvalue weighted by molar-refractivity contribution is 0.00422. The van der Waals surface area contributed by atoms with Crippen LogP contribution >= 0.6 is 10.9 Å². The van der Waals surface area contributed by atoms with Crippen LogP contribution in [0.4, 0.5) is 13.2 Å². The lowest BCUT2D eigenvalue weighted by Gasteiger charge is -2.51. The molecule has 3 aromatic rings. The summed E-state index contributed by atoms with van der Waals surface area (Å²) < 4.78 is 42.1. The Morgan fingerprint density at radius 1 is 1.11 bits per heavy atom. The number of nitrogens with zero attached hydrogens (tertiary/aromatic N) is 3. The highest BCUT2D eigenvalue weighted by molar-refractivity contribution is 8.18. The average molecular weight is 552 g/mol. The molecule has 5 rings (SSSR count). The molecule has 4 N–H and O–H groups in total. The molecule has 0 amide bonds. The third-order valence-corrected chi connectivity index (χ3v) is 11.6. The van der Waals surface area contributed by atoms with E-state index in [4.69, 9.17) is 0 Å². The van der Waals surface area contributed by atoms with Gasteiger partial charge in [0.1, 0.15) is 11.7 Å². The number of hydrogen-bond acceptors (Lipinski definition) is 6. The van der Waals surface area contributed by atoms with Gasteiger partial charge in [-0.25, -0.2) is 28.7 Å². The van der Waals surface area contributed by atoms with Crippen LogP contribution in [-0.2, 0) is 0 Å². The first-order valence-electron chi connectivity index (χ1n) is 12.7. The summed E-state index contributed by atoms with van der Waals surface area (Å²) in [6, 6.07) is 8.39. The maximum Gasteiger partial charge on any atom is 0.194 e. The maximum atomic E-state index is 13.8. The van der Waals surface area contributed by atoms with E-state index in [1.807, 2.05) is 31.2 Å². The molecule has 11 heteroatoms. The average Bonchev–Trinajstić information content (AvgIpc) is 3.54. The first kappa shape index (κ1) is 27.1. The van der Waals surface area contributed by atoms with Crippen molar-refractivity contribution in [3.63, 3.8) is 0 Å². The predicted molar refractivity (Wildman–Crippen MR) is 138 cm³/mol. The van der Waals surface area contributed by atoms with Crippen LogP contribution in [0.1, 0.15) is 48.1 Å². The first-order valence-corrected chi connectivity index (χ1v) is 14.4. The van der Waals surface area contributed by atoms with Crippen LogP contribution < -0.4 is 0 Å². The lowest BCUT2D eigenvalue weighted by Crippen LogP contribution is -2.52. The van der Waals surface area contributed by atoms with Gasteiger partial charge in [-0.15, -0.1) is 5.10 Å². The van der Waals surface area contributed by atoms with Crippen LogP contribution in [0.15, 0.2) is 42.6 Å². The largest absolute Gasteiger partial charge is 0.395 e. The molecule has 2 aliphatic rings. The Kier molecular flexibility index (Phi) is 7.58. The van der Waals surface area contributed by atoms with E-state index in [0.717, 1.165) is 36.1 Å². The fourth-order valence-corrected chi connectivity index (χ4v) is 9.96. The van der Waals surface area contributed by atoms with E-state index in [-0.39, 0.29) is 28.9 Å². The summed E-state index contributed by atoms with van der Waals surface area (Å²) in [5.41, 5.74) is 0.949. The van der Waals surface area contributed by atoms with Crippen molar-refractivity contribution in [1.29, 1.82) is 0 Å². The van der Waals surface area contributed by atoms with Gasteiger partial charge in [-0.05, 0) is 43.0 Å². The van der Waals surface area contributed by atoms with Crippen LogP contribution in [0.5, 0.6) is 0 Å². The van der Waals surface area contributed by atoms with Crippen molar-refractivity contribution in [2.45, 2.75) is 67.0 Å². The number of benzene rings is 2. The van der Waals surface area contributed by atoms with Crippen LogP contribution in [0.3, 0.4) is 0 Å². The molecule has 38 heavy (non-hydrogen) atoms. The summed E-state index contributed by atoms with van der Waals surface area (Å²) in [6.07, 6.45) is 1.98. The van der Waals surface area contributed by atoms with Gasteiger partial charge in [0.05, 0.1) is 30.6 Å². The number of aromatic nitrogens is 3. The number of thiol groups is 1. The van der Waals surface area contributed by atoms with Crippen molar-refractivity contribution < 1.29 is 33.6 Å². The number of aliphatic hydroxyl groups is 4. The zero-order valence-electron chi connectivity index (χ0n) is 20.9. The predicted octanol–water partition coefficient (Wildman–Crippen LogP) is 3.36. The molecular formula is C27H32F3N3O4S. The molecule has 1 unspecified atom stereocenters. The molecule has 0 bridgehead atoms. The van der Waals surface area contributed by atoms with Gasteiger partial charge in [0.2, 0.25) is 0 Å². The Morgan fingerprint density at radius 3 is 2.39 bits per heavy atom. The van der Waals surface area contributed by atoms with Gasteiger partial charge in [-0.2, -0.15) is 0 Å². The van der Waals surface area contributed by atoms with E-state index in [1.54, 1.807) is 0 Å². The Labute approximate surface area is 221 Å². The Morgan fingerprint density at radius 2 is 1.76 bits per heavy atom. The number of aliphatic hydroxyl groups excluding tert-OH is 3. The van der Waals surface area contributed by atoms with Gasteiger partial charge >= 0.3 is 0 Å². The highest BCUT2D eigenvalue weighted by Gasteiger charge is 2.51. The molecule has 7 nitrogen and oxygen atoms in total. The summed E-state index contributed by atoms with van der Waals surface area (Å²) in [5, 5.41) is 52.0. The molecule has 1 saturated carbocycles. The van der Waals surface area contributed by atoms with Crippen molar-refractivity contribution in [2.75, 3.05) is 12.4 Å². The summed E-state index contributed by atoms with van der Waals surface area (Å²) in [6.45, 7) is 1.62. The standard InChI is InChI=1S/C27H32F3N3O4S/c1-15-6-2-3-7-17(15)26(27(37)8-4-5-9-27)38-14-21(35)24(25(36)22(38)13-34)33-12-20(31-32-33)16-10-18(28)23(30)19(29)11-16/h2-3,6-7,10-12,21-22,24-26,34-38H,4-5,8-9,13-14H2,1H3/t21-,22+,24-,25-,26-/m0/s1. The van der Waals surface area contributed by atoms with Gasteiger partial charge in [0, 0.05) is 21.8 Å². The third kappa shape index (κ3) is 4.75. The van der Waals surface area contributed by atoms with E-state index in [9.17, 15) is 33.6 Å². The van der Waals surface area contributed by atoms with Crippen molar-refractivity contribution in [3.05, 3.63) is 71.2 Å². The molecule has 2 heterocycles. The van der Waals surface area contributed by atoms with E-state index in [2.05, 4.69) is 10.3 Å². The quantitative estimate of drug-likeness (QED) is 0.237. The molecule has 206 valence electrons. The number of halogens is 3. The molecule has 6 atom stereocenters. The molecule has 1 saturated heterocycles. The van der Waals surface area contributed by atoms with Gasteiger partial charge in [0.25, 0.3) is 0 Å². The molecule has 2 aromatic carbocycles. The molecule has 1 aliphatic heterocycles. The smallest absolute Gasteiger partial charge is 0.194 e. The van der Waals surface area contributed by atoms with Crippen LogP contribution in [0.25, 0.3) is 11.3 Å².